The van der Waals surface area contributed by atoms with Crippen LogP contribution in [0.2, 0.25) is 0 Å². The SMILES string of the molecule is CCCCCCCCCCCCCCCCCCCC(=O)OCCOCCOCCO. The molecule has 0 unspecified atom stereocenters. The number of unbranched alkanes of at least 4 members (excludes halogenated alkanes) is 16. The third-order valence-electron chi connectivity index (χ3n) is 5.58. The summed E-state index contributed by atoms with van der Waals surface area (Å²) < 4.78 is 15.5. The van der Waals surface area contributed by atoms with Gasteiger partial charge in [-0.15, -0.1) is 0 Å². The van der Waals surface area contributed by atoms with Crippen molar-refractivity contribution in [1.29, 1.82) is 0 Å². The average molecular weight is 445 g/mol. The Morgan fingerprint density at radius 1 is 0.548 bits per heavy atom. The molecule has 0 aromatic carbocycles. The number of carbonyl (C=O) groups excluding carboxylic acids is 1. The fourth-order valence-corrected chi connectivity index (χ4v) is 3.67. The number of esters is 1. The summed E-state index contributed by atoms with van der Waals surface area (Å²) in [6, 6.07) is 0. The minimum atomic E-state index is -0.124. The van der Waals surface area contributed by atoms with Crippen LogP contribution in [0, 0.1) is 0 Å². The molecule has 0 aromatic rings. The molecule has 0 aliphatic rings. The van der Waals surface area contributed by atoms with Crippen LogP contribution in [0.5, 0.6) is 0 Å². The second-order valence-electron chi connectivity index (χ2n) is 8.58. The van der Waals surface area contributed by atoms with Gasteiger partial charge in [0.05, 0.1) is 33.0 Å². The largest absolute Gasteiger partial charge is 0.463 e. The minimum absolute atomic E-state index is 0.0248. The molecule has 0 saturated heterocycles. The predicted molar refractivity (Wildman–Crippen MR) is 128 cm³/mol. The lowest BCUT2D eigenvalue weighted by Gasteiger charge is -2.06. The molecule has 5 nitrogen and oxygen atoms in total. The predicted octanol–water partition coefficient (Wildman–Crippen LogP) is 6.60. The van der Waals surface area contributed by atoms with Crippen LogP contribution in [0.25, 0.3) is 0 Å². The van der Waals surface area contributed by atoms with Gasteiger partial charge in [0.2, 0.25) is 0 Å². The van der Waals surface area contributed by atoms with Gasteiger partial charge < -0.3 is 19.3 Å². The first-order valence-electron chi connectivity index (χ1n) is 13.2. The van der Waals surface area contributed by atoms with Crippen LogP contribution in [0.4, 0.5) is 0 Å². The van der Waals surface area contributed by atoms with Crippen molar-refractivity contribution in [3.8, 4) is 0 Å². The fraction of sp³-hybridized carbons (Fsp3) is 0.962. The van der Waals surface area contributed by atoms with Crippen molar-refractivity contribution in [2.75, 3.05) is 39.6 Å². The summed E-state index contributed by atoms with van der Waals surface area (Å²) in [7, 11) is 0. The van der Waals surface area contributed by atoms with Gasteiger partial charge in [0.25, 0.3) is 0 Å². The highest BCUT2D eigenvalue weighted by Crippen LogP contribution is 2.14. The lowest BCUT2D eigenvalue weighted by molar-refractivity contribution is -0.145. The van der Waals surface area contributed by atoms with E-state index in [0.29, 0.717) is 39.5 Å². The fourth-order valence-electron chi connectivity index (χ4n) is 3.67. The molecule has 0 radical (unpaired) electrons. The Balaban J connectivity index is 3.11. The number of hydrogen-bond donors (Lipinski definition) is 1. The van der Waals surface area contributed by atoms with Crippen LogP contribution in [0.15, 0.2) is 0 Å². The third-order valence-corrected chi connectivity index (χ3v) is 5.58. The number of ether oxygens (including phenoxy) is 3. The Bertz CT molecular complexity index is 349. The maximum Gasteiger partial charge on any atom is 0.305 e. The van der Waals surface area contributed by atoms with Gasteiger partial charge in [-0.2, -0.15) is 0 Å². The normalized spacial score (nSPS) is 11.2. The van der Waals surface area contributed by atoms with Crippen molar-refractivity contribution in [2.24, 2.45) is 0 Å². The van der Waals surface area contributed by atoms with Crippen LogP contribution >= 0.6 is 0 Å². The van der Waals surface area contributed by atoms with Crippen molar-refractivity contribution in [3.05, 3.63) is 0 Å². The van der Waals surface area contributed by atoms with Crippen LogP contribution < -0.4 is 0 Å². The summed E-state index contributed by atoms with van der Waals surface area (Å²) in [5, 5.41) is 8.56. The van der Waals surface area contributed by atoms with Crippen molar-refractivity contribution in [2.45, 2.75) is 122 Å². The summed E-state index contributed by atoms with van der Waals surface area (Å²) >= 11 is 0. The zero-order valence-corrected chi connectivity index (χ0v) is 20.6. The van der Waals surface area contributed by atoms with E-state index in [1.165, 1.54) is 96.3 Å². The highest BCUT2D eigenvalue weighted by molar-refractivity contribution is 5.69. The van der Waals surface area contributed by atoms with Gasteiger partial charge in [-0.05, 0) is 6.42 Å². The molecule has 0 atom stereocenters. The minimum Gasteiger partial charge on any atom is -0.463 e. The molecular formula is C26H52O5. The Morgan fingerprint density at radius 3 is 1.39 bits per heavy atom. The van der Waals surface area contributed by atoms with Gasteiger partial charge in [0.1, 0.15) is 6.61 Å². The summed E-state index contributed by atoms with van der Waals surface area (Å²) in [4.78, 5) is 11.6. The second kappa shape index (κ2) is 27.4. The van der Waals surface area contributed by atoms with Gasteiger partial charge in [-0.3, -0.25) is 4.79 Å². The van der Waals surface area contributed by atoms with E-state index in [9.17, 15) is 4.79 Å². The number of aliphatic hydroxyl groups is 1. The van der Waals surface area contributed by atoms with Crippen molar-refractivity contribution in [3.63, 3.8) is 0 Å². The van der Waals surface area contributed by atoms with Gasteiger partial charge in [-0.25, -0.2) is 0 Å². The maximum absolute atomic E-state index is 11.6. The number of hydrogen-bond acceptors (Lipinski definition) is 5. The number of rotatable bonds is 26. The van der Waals surface area contributed by atoms with Crippen LogP contribution in [0.3, 0.4) is 0 Å². The summed E-state index contributed by atoms with van der Waals surface area (Å²) in [6.45, 7) is 4.24. The van der Waals surface area contributed by atoms with Gasteiger partial charge in [-0.1, -0.05) is 110 Å². The Kier molecular flexibility index (Phi) is 26.8. The zero-order chi connectivity index (χ0) is 22.7. The van der Waals surface area contributed by atoms with Crippen molar-refractivity contribution in [1.82, 2.24) is 0 Å². The van der Waals surface area contributed by atoms with Crippen LogP contribution in [-0.2, 0) is 19.0 Å². The lowest BCUT2D eigenvalue weighted by Crippen LogP contribution is -2.13. The van der Waals surface area contributed by atoms with E-state index >= 15 is 0 Å². The topological polar surface area (TPSA) is 65.0 Å². The van der Waals surface area contributed by atoms with E-state index in [1.54, 1.807) is 0 Å². The smallest absolute Gasteiger partial charge is 0.305 e. The first-order chi connectivity index (χ1) is 15.3. The van der Waals surface area contributed by atoms with Gasteiger partial charge in [0.15, 0.2) is 0 Å². The van der Waals surface area contributed by atoms with Crippen LogP contribution in [0.1, 0.15) is 122 Å². The molecule has 0 fully saturated rings. The zero-order valence-electron chi connectivity index (χ0n) is 20.6. The molecule has 0 rings (SSSR count). The summed E-state index contributed by atoms with van der Waals surface area (Å²) in [5.74, 6) is -0.124. The Hall–Kier alpha value is -0.650. The van der Waals surface area contributed by atoms with E-state index in [2.05, 4.69) is 6.92 Å². The van der Waals surface area contributed by atoms with Crippen LogP contribution in [-0.4, -0.2) is 50.7 Å². The second-order valence-corrected chi connectivity index (χ2v) is 8.58. The molecule has 0 saturated carbocycles. The van der Waals surface area contributed by atoms with E-state index in [4.69, 9.17) is 19.3 Å². The third kappa shape index (κ3) is 27.3. The molecule has 0 spiro atoms. The summed E-state index contributed by atoms with van der Waals surface area (Å²) in [5.41, 5.74) is 0. The molecule has 0 aliphatic heterocycles. The first-order valence-corrected chi connectivity index (χ1v) is 13.2. The molecule has 5 heteroatoms. The van der Waals surface area contributed by atoms with Crippen molar-refractivity contribution < 1.29 is 24.1 Å². The molecule has 1 N–H and O–H groups in total. The lowest BCUT2D eigenvalue weighted by atomic mass is 10.0. The monoisotopic (exact) mass is 444 g/mol. The standard InChI is InChI=1S/C26H52O5/c1-2-3-4-5-6-7-8-9-10-11-12-13-14-15-16-17-18-19-26(28)31-25-24-30-23-22-29-21-20-27/h27H,2-25H2,1H3. The van der Waals surface area contributed by atoms with Gasteiger partial charge >= 0.3 is 5.97 Å². The molecule has 0 aliphatic carbocycles. The van der Waals surface area contributed by atoms with E-state index in [1.807, 2.05) is 0 Å². The molecule has 31 heavy (non-hydrogen) atoms. The summed E-state index contributed by atoms with van der Waals surface area (Å²) in [6.07, 6.45) is 23.3. The molecule has 0 aromatic heterocycles. The van der Waals surface area contributed by atoms with Gasteiger partial charge in [0, 0.05) is 6.42 Å². The van der Waals surface area contributed by atoms with E-state index < -0.39 is 0 Å². The maximum atomic E-state index is 11.6. The average Bonchev–Trinajstić information content (AvgIpc) is 2.77. The Morgan fingerprint density at radius 2 is 0.935 bits per heavy atom. The quantitative estimate of drug-likeness (QED) is 0.120. The Labute approximate surface area is 192 Å². The van der Waals surface area contributed by atoms with E-state index in [-0.39, 0.29) is 12.6 Å². The highest BCUT2D eigenvalue weighted by atomic mass is 16.6. The molecule has 0 bridgehead atoms. The molecular weight excluding hydrogens is 392 g/mol. The molecule has 0 amide bonds. The molecule has 186 valence electrons. The highest BCUT2D eigenvalue weighted by Gasteiger charge is 2.02. The number of carbonyl (C=O) groups is 1. The number of aliphatic hydroxyl groups excluding tert-OH is 1. The van der Waals surface area contributed by atoms with Crippen molar-refractivity contribution >= 4 is 5.97 Å². The van der Waals surface area contributed by atoms with E-state index in [0.717, 1.165) is 12.8 Å². The first kappa shape index (κ1) is 30.4. The molecule has 0 heterocycles.